The van der Waals surface area contributed by atoms with Crippen LogP contribution in [0.1, 0.15) is 48.3 Å². The minimum Gasteiger partial charge on any atom is -0.373 e. The fourth-order valence-corrected chi connectivity index (χ4v) is 4.64. The number of aromatic amines is 1. The fraction of sp³-hybridized carbons (Fsp3) is 0.500. The lowest BCUT2D eigenvalue weighted by molar-refractivity contribution is 0.127. The van der Waals surface area contributed by atoms with Gasteiger partial charge in [0.2, 0.25) is 5.95 Å². The zero-order valence-electron chi connectivity index (χ0n) is 18.8. The Morgan fingerprint density at radius 2 is 2.06 bits per heavy atom. The molecule has 0 spiro atoms. The van der Waals surface area contributed by atoms with E-state index in [4.69, 9.17) is 9.72 Å². The molecule has 3 aromatic heterocycles. The maximum Gasteiger partial charge on any atom is 0.256 e. The summed E-state index contributed by atoms with van der Waals surface area (Å²) in [6.45, 7) is 7.84. The van der Waals surface area contributed by atoms with Gasteiger partial charge >= 0.3 is 0 Å². The SMILES string of the molecule is CCc1nc(NCCOCc2csc(C(C)(C)N(C)C)n2)[nH]c(=O)c1Cc1ccsc1. The molecule has 2 N–H and O–H groups in total. The lowest BCUT2D eigenvalue weighted by Gasteiger charge is -2.30. The lowest BCUT2D eigenvalue weighted by Crippen LogP contribution is -2.35. The molecule has 31 heavy (non-hydrogen) atoms. The van der Waals surface area contributed by atoms with Gasteiger partial charge in [0.15, 0.2) is 0 Å². The molecule has 0 bridgehead atoms. The van der Waals surface area contributed by atoms with Crippen LogP contribution in [0.4, 0.5) is 5.95 Å². The first-order chi connectivity index (χ1) is 14.8. The van der Waals surface area contributed by atoms with Crippen molar-refractivity contribution in [1.82, 2.24) is 19.9 Å². The Morgan fingerprint density at radius 3 is 2.74 bits per heavy atom. The number of aromatic nitrogens is 3. The van der Waals surface area contributed by atoms with Crippen molar-refractivity contribution in [2.75, 3.05) is 32.6 Å². The van der Waals surface area contributed by atoms with Crippen LogP contribution < -0.4 is 10.9 Å². The van der Waals surface area contributed by atoms with E-state index in [0.29, 0.717) is 38.5 Å². The number of hydrogen-bond acceptors (Lipinski definition) is 8. The van der Waals surface area contributed by atoms with Gasteiger partial charge < -0.3 is 10.1 Å². The Bertz CT molecular complexity index is 1020. The van der Waals surface area contributed by atoms with E-state index < -0.39 is 0 Å². The van der Waals surface area contributed by atoms with Crippen molar-refractivity contribution in [3.8, 4) is 0 Å². The zero-order chi connectivity index (χ0) is 22.4. The molecular weight excluding hydrogens is 430 g/mol. The van der Waals surface area contributed by atoms with E-state index >= 15 is 0 Å². The second-order valence-corrected chi connectivity index (χ2v) is 9.72. The van der Waals surface area contributed by atoms with Gasteiger partial charge in [0.1, 0.15) is 5.01 Å². The summed E-state index contributed by atoms with van der Waals surface area (Å²) in [7, 11) is 4.11. The summed E-state index contributed by atoms with van der Waals surface area (Å²) >= 11 is 3.29. The van der Waals surface area contributed by atoms with Gasteiger partial charge in [0.25, 0.3) is 5.56 Å². The molecule has 9 heteroatoms. The monoisotopic (exact) mass is 461 g/mol. The maximum atomic E-state index is 12.6. The highest BCUT2D eigenvalue weighted by Crippen LogP contribution is 2.28. The average Bonchev–Trinajstić information content (AvgIpc) is 3.41. The molecule has 3 aromatic rings. The third kappa shape index (κ3) is 6.00. The van der Waals surface area contributed by atoms with E-state index in [1.54, 1.807) is 22.7 Å². The van der Waals surface area contributed by atoms with E-state index in [9.17, 15) is 4.79 Å². The van der Waals surface area contributed by atoms with Crippen LogP contribution in [0.15, 0.2) is 27.0 Å². The maximum absolute atomic E-state index is 12.6. The predicted octanol–water partition coefficient (Wildman–Crippen LogP) is 3.87. The van der Waals surface area contributed by atoms with Gasteiger partial charge in [-0.15, -0.1) is 11.3 Å². The highest BCUT2D eigenvalue weighted by atomic mass is 32.1. The predicted molar refractivity (Wildman–Crippen MR) is 128 cm³/mol. The molecule has 0 saturated heterocycles. The Labute approximate surface area is 191 Å². The van der Waals surface area contributed by atoms with Crippen LogP contribution in [0.3, 0.4) is 0 Å². The smallest absolute Gasteiger partial charge is 0.256 e. The highest BCUT2D eigenvalue weighted by molar-refractivity contribution is 7.09. The molecule has 3 rings (SSSR count). The summed E-state index contributed by atoms with van der Waals surface area (Å²) in [6, 6.07) is 2.04. The molecular formula is C22H31N5O2S2. The standard InChI is InChI=1S/C22H31N5O2S2/c1-6-18-17(11-15-7-10-30-13-15)19(28)26-21(25-18)23-8-9-29-12-16-14-31-20(24-16)22(2,3)27(4)5/h7,10,13-14H,6,8-9,11-12H2,1-5H3,(H2,23,25,26,28). The number of aryl methyl sites for hydroxylation is 1. The molecule has 0 fully saturated rings. The number of thiazole rings is 1. The molecule has 168 valence electrons. The van der Waals surface area contributed by atoms with E-state index in [1.807, 2.05) is 23.8 Å². The molecule has 0 aliphatic carbocycles. The van der Waals surface area contributed by atoms with Crippen molar-refractivity contribution in [2.24, 2.45) is 0 Å². The Hall–Kier alpha value is -2.07. The summed E-state index contributed by atoms with van der Waals surface area (Å²) in [5.41, 5.74) is 3.46. The third-order valence-electron chi connectivity index (χ3n) is 5.38. The van der Waals surface area contributed by atoms with Crippen molar-refractivity contribution >= 4 is 28.6 Å². The van der Waals surface area contributed by atoms with Crippen LogP contribution in [-0.4, -0.2) is 47.1 Å². The molecule has 0 aliphatic heterocycles. The van der Waals surface area contributed by atoms with Crippen molar-refractivity contribution in [3.63, 3.8) is 0 Å². The van der Waals surface area contributed by atoms with Crippen LogP contribution in [0.2, 0.25) is 0 Å². The molecule has 0 aromatic carbocycles. The van der Waals surface area contributed by atoms with E-state index in [-0.39, 0.29) is 11.1 Å². The number of rotatable bonds is 11. The first kappa shape index (κ1) is 23.6. The number of anilines is 1. The number of hydrogen-bond donors (Lipinski definition) is 2. The van der Waals surface area contributed by atoms with Gasteiger partial charge in [-0.05, 0) is 56.8 Å². The Morgan fingerprint density at radius 1 is 1.26 bits per heavy atom. The fourth-order valence-electron chi connectivity index (χ4n) is 2.96. The zero-order valence-corrected chi connectivity index (χ0v) is 20.5. The van der Waals surface area contributed by atoms with Gasteiger partial charge in [-0.2, -0.15) is 11.3 Å². The van der Waals surface area contributed by atoms with Crippen LogP contribution in [0.5, 0.6) is 0 Å². The van der Waals surface area contributed by atoms with E-state index in [0.717, 1.165) is 27.5 Å². The van der Waals surface area contributed by atoms with Gasteiger partial charge in [0, 0.05) is 23.9 Å². The normalized spacial score (nSPS) is 11.9. The van der Waals surface area contributed by atoms with Crippen molar-refractivity contribution < 1.29 is 4.74 Å². The minimum atomic E-state index is -0.103. The number of ether oxygens (including phenoxy) is 1. The molecule has 0 radical (unpaired) electrons. The van der Waals surface area contributed by atoms with Crippen molar-refractivity contribution in [3.05, 3.63) is 60.1 Å². The van der Waals surface area contributed by atoms with E-state index in [1.165, 1.54) is 0 Å². The first-order valence-corrected chi connectivity index (χ1v) is 12.2. The number of nitrogens with one attached hydrogen (secondary N) is 2. The summed E-state index contributed by atoms with van der Waals surface area (Å²) in [5.74, 6) is 0.489. The van der Waals surface area contributed by atoms with Gasteiger partial charge in [-0.25, -0.2) is 9.97 Å². The third-order valence-corrected chi connectivity index (χ3v) is 7.32. The lowest BCUT2D eigenvalue weighted by atomic mass is 10.1. The molecule has 0 amide bonds. The Kier molecular flexibility index (Phi) is 7.99. The number of thiophene rings is 1. The summed E-state index contributed by atoms with van der Waals surface area (Å²) < 4.78 is 5.76. The molecule has 0 saturated carbocycles. The van der Waals surface area contributed by atoms with Crippen LogP contribution in [-0.2, 0) is 29.7 Å². The summed E-state index contributed by atoms with van der Waals surface area (Å²) in [6.07, 6.45) is 1.32. The van der Waals surface area contributed by atoms with Crippen LogP contribution >= 0.6 is 22.7 Å². The molecule has 0 atom stereocenters. The average molecular weight is 462 g/mol. The number of nitrogens with zero attached hydrogens (tertiary/aromatic N) is 3. The van der Waals surface area contributed by atoms with Gasteiger partial charge in [-0.1, -0.05) is 6.92 Å². The first-order valence-electron chi connectivity index (χ1n) is 10.4. The quantitative estimate of drug-likeness (QED) is 0.422. The number of H-pyrrole nitrogens is 1. The summed E-state index contributed by atoms with van der Waals surface area (Å²) in [5, 5.41) is 10.4. The van der Waals surface area contributed by atoms with Gasteiger partial charge in [-0.3, -0.25) is 14.7 Å². The molecule has 3 heterocycles. The molecule has 7 nitrogen and oxygen atoms in total. The van der Waals surface area contributed by atoms with E-state index in [2.05, 4.69) is 53.5 Å². The largest absolute Gasteiger partial charge is 0.373 e. The topological polar surface area (TPSA) is 83.1 Å². The second-order valence-electron chi connectivity index (χ2n) is 8.08. The minimum absolute atomic E-state index is 0.0834. The molecule has 0 unspecified atom stereocenters. The van der Waals surface area contributed by atoms with Crippen molar-refractivity contribution in [1.29, 1.82) is 0 Å². The molecule has 0 aliphatic rings. The summed E-state index contributed by atoms with van der Waals surface area (Å²) in [4.78, 5) is 26.9. The Balaban J connectivity index is 1.50. The van der Waals surface area contributed by atoms with Gasteiger partial charge in [0.05, 0.1) is 30.1 Å². The highest BCUT2D eigenvalue weighted by Gasteiger charge is 2.26. The van der Waals surface area contributed by atoms with Crippen LogP contribution in [0.25, 0.3) is 0 Å². The van der Waals surface area contributed by atoms with Crippen LogP contribution in [0, 0.1) is 0 Å². The van der Waals surface area contributed by atoms with Crippen molar-refractivity contribution in [2.45, 2.75) is 45.8 Å². The second kappa shape index (κ2) is 10.5.